The van der Waals surface area contributed by atoms with Crippen LogP contribution in [0.4, 0.5) is 5.13 Å². The molecule has 0 amide bonds. The lowest BCUT2D eigenvalue weighted by atomic mass is 10.3. The van der Waals surface area contributed by atoms with Crippen molar-refractivity contribution in [3.63, 3.8) is 0 Å². The van der Waals surface area contributed by atoms with Crippen LogP contribution in [-0.4, -0.2) is 58.1 Å². The lowest BCUT2D eigenvalue weighted by Crippen LogP contribution is -2.48. The van der Waals surface area contributed by atoms with E-state index in [2.05, 4.69) is 9.88 Å². The van der Waals surface area contributed by atoms with Gasteiger partial charge in [0.1, 0.15) is 11.5 Å². The number of aromatic nitrogens is 1. The van der Waals surface area contributed by atoms with Crippen molar-refractivity contribution in [1.82, 2.24) is 9.29 Å². The molecule has 0 bridgehead atoms. The summed E-state index contributed by atoms with van der Waals surface area (Å²) in [5.74, 6) is 1.44. The first kappa shape index (κ1) is 19.0. The molecule has 1 aliphatic rings. The van der Waals surface area contributed by atoms with Crippen molar-refractivity contribution in [3.05, 3.63) is 42.5 Å². The summed E-state index contributed by atoms with van der Waals surface area (Å²) in [6, 6.07) is 12.3. The van der Waals surface area contributed by atoms with Gasteiger partial charge in [0.25, 0.3) is 0 Å². The van der Waals surface area contributed by atoms with Gasteiger partial charge in [0.2, 0.25) is 10.0 Å². The SMILES string of the molecule is COc1ccc(S(=O)(=O)N2CCN(c3nc4ccc(OC)cc4s3)CC2)cc1. The van der Waals surface area contributed by atoms with Crippen LogP contribution in [0.5, 0.6) is 11.5 Å². The van der Waals surface area contributed by atoms with Crippen molar-refractivity contribution >= 4 is 36.7 Å². The summed E-state index contributed by atoms with van der Waals surface area (Å²) in [4.78, 5) is 7.11. The molecular weight excluding hydrogens is 398 g/mol. The molecule has 0 saturated carbocycles. The van der Waals surface area contributed by atoms with Gasteiger partial charge < -0.3 is 14.4 Å². The molecule has 2 aromatic carbocycles. The third kappa shape index (κ3) is 3.52. The summed E-state index contributed by atoms with van der Waals surface area (Å²) in [6.45, 7) is 2.06. The van der Waals surface area contributed by atoms with Gasteiger partial charge in [-0.25, -0.2) is 13.4 Å². The Hall–Kier alpha value is -2.36. The van der Waals surface area contributed by atoms with Gasteiger partial charge in [-0.3, -0.25) is 0 Å². The van der Waals surface area contributed by atoms with Gasteiger partial charge in [0, 0.05) is 26.2 Å². The molecule has 7 nitrogen and oxygen atoms in total. The van der Waals surface area contributed by atoms with E-state index in [1.165, 1.54) is 4.31 Å². The first-order valence-electron chi connectivity index (χ1n) is 8.85. The number of fused-ring (bicyclic) bond motifs is 1. The van der Waals surface area contributed by atoms with Crippen LogP contribution in [0.25, 0.3) is 10.2 Å². The zero-order valence-electron chi connectivity index (χ0n) is 15.7. The average molecular weight is 420 g/mol. The number of ether oxygens (including phenoxy) is 2. The van der Waals surface area contributed by atoms with E-state index >= 15 is 0 Å². The summed E-state index contributed by atoms with van der Waals surface area (Å²) >= 11 is 1.60. The third-order valence-corrected chi connectivity index (χ3v) is 7.78. The molecule has 1 aliphatic heterocycles. The highest BCUT2D eigenvalue weighted by atomic mass is 32.2. The molecule has 4 rings (SSSR count). The van der Waals surface area contributed by atoms with E-state index in [1.807, 2.05) is 18.2 Å². The fourth-order valence-electron chi connectivity index (χ4n) is 3.17. The minimum atomic E-state index is -3.51. The van der Waals surface area contributed by atoms with Crippen LogP contribution in [0.15, 0.2) is 47.4 Å². The first-order chi connectivity index (χ1) is 13.5. The fraction of sp³-hybridized carbons (Fsp3) is 0.316. The summed E-state index contributed by atoms with van der Waals surface area (Å²) in [6.07, 6.45) is 0. The predicted octanol–water partition coefficient (Wildman–Crippen LogP) is 2.82. The van der Waals surface area contributed by atoms with Crippen molar-refractivity contribution in [2.75, 3.05) is 45.3 Å². The highest BCUT2D eigenvalue weighted by Gasteiger charge is 2.29. The largest absolute Gasteiger partial charge is 0.497 e. The van der Waals surface area contributed by atoms with Crippen LogP contribution >= 0.6 is 11.3 Å². The van der Waals surface area contributed by atoms with E-state index in [0.29, 0.717) is 31.9 Å². The predicted molar refractivity (Wildman–Crippen MR) is 110 cm³/mol. The van der Waals surface area contributed by atoms with Gasteiger partial charge >= 0.3 is 0 Å². The van der Waals surface area contributed by atoms with E-state index in [9.17, 15) is 8.42 Å². The minimum Gasteiger partial charge on any atom is -0.497 e. The topological polar surface area (TPSA) is 72.0 Å². The van der Waals surface area contributed by atoms with Crippen LogP contribution < -0.4 is 14.4 Å². The van der Waals surface area contributed by atoms with E-state index in [4.69, 9.17) is 9.47 Å². The Morgan fingerprint density at radius 3 is 2.21 bits per heavy atom. The molecule has 0 radical (unpaired) electrons. The number of piperazine rings is 1. The van der Waals surface area contributed by atoms with Crippen molar-refractivity contribution < 1.29 is 17.9 Å². The molecule has 2 heterocycles. The maximum Gasteiger partial charge on any atom is 0.243 e. The smallest absolute Gasteiger partial charge is 0.243 e. The molecule has 0 aliphatic carbocycles. The molecule has 1 aromatic heterocycles. The number of hydrogen-bond donors (Lipinski definition) is 0. The third-order valence-electron chi connectivity index (χ3n) is 4.79. The zero-order chi connectivity index (χ0) is 19.7. The Labute approximate surface area is 168 Å². The van der Waals surface area contributed by atoms with Crippen molar-refractivity contribution in [3.8, 4) is 11.5 Å². The molecule has 0 atom stereocenters. The number of benzene rings is 2. The molecule has 0 N–H and O–H groups in total. The summed E-state index contributed by atoms with van der Waals surface area (Å²) in [5, 5.41) is 0.907. The molecule has 0 spiro atoms. The highest BCUT2D eigenvalue weighted by molar-refractivity contribution is 7.89. The van der Waals surface area contributed by atoms with Gasteiger partial charge in [-0.05, 0) is 42.5 Å². The van der Waals surface area contributed by atoms with E-state index in [0.717, 1.165) is 21.1 Å². The molecule has 3 aromatic rings. The Balaban J connectivity index is 1.48. The van der Waals surface area contributed by atoms with Gasteiger partial charge in [-0.15, -0.1) is 0 Å². The lowest BCUT2D eigenvalue weighted by molar-refractivity contribution is 0.384. The number of anilines is 1. The molecule has 9 heteroatoms. The van der Waals surface area contributed by atoms with E-state index < -0.39 is 10.0 Å². The van der Waals surface area contributed by atoms with Crippen LogP contribution in [0.1, 0.15) is 0 Å². The number of methoxy groups -OCH3 is 2. The molecular formula is C19H21N3O4S2. The Bertz CT molecular complexity index is 1070. The lowest BCUT2D eigenvalue weighted by Gasteiger charge is -2.33. The van der Waals surface area contributed by atoms with Crippen molar-refractivity contribution in [2.24, 2.45) is 0 Å². The monoisotopic (exact) mass is 419 g/mol. The van der Waals surface area contributed by atoms with Crippen molar-refractivity contribution in [1.29, 1.82) is 0 Å². The first-order valence-corrected chi connectivity index (χ1v) is 11.1. The fourth-order valence-corrected chi connectivity index (χ4v) is 5.64. The van der Waals surface area contributed by atoms with E-state index in [1.54, 1.807) is 49.8 Å². The number of hydrogen-bond acceptors (Lipinski definition) is 7. The van der Waals surface area contributed by atoms with Crippen molar-refractivity contribution in [2.45, 2.75) is 4.90 Å². The average Bonchev–Trinajstić information content (AvgIpc) is 3.17. The Morgan fingerprint density at radius 2 is 1.57 bits per heavy atom. The van der Waals surface area contributed by atoms with Crippen LogP contribution in [0, 0.1) is 0 Å². The highest BCUT2D eigenvalue weighted by Crippen LogP contribution is 2.32. The number of thiazole rings is 1. The molecule has 148 valence electrons. The molecule has 1 saturated heterocycles. The second-order valence-corrected chi connectivity index (χ2v) is 9.34. The summed E-state index contributed by atoms with van der Waals surface area (Å²) < 4.78 is 38.7. The van der Waals surface area contributed by atoms with Crippen LogP contribution in [0.2, 0.25) is 0 Å². The second kappa shape index (κ2) is 7.57. The van der Waals surface area contributed by atoms with Crippen LogP contribution in [0.3, 0.4) is 0 Å². The molecule has 1 fully saturated rings. The maximum atomic E-state index is 12.9. The molecule has 0 unspecified atom stereocenters. The Kier molecular flexibility index (Phi) is 5.13. The molecule has 28 heavy (non-hydrogen) atoms. The maximum absolute atomic E-state index is 12.9. The second-order valence-electron chi connectivity index (χ2n) is 6.40. The normalized spacial score (nSPS) is 15.7. The quantitative estimate of drug-likeness (QED) is 0.633. The van der Waals surface area contributed by atoms with E-state index in [-0.39, 0.29) is 4.90 Å². The van der Waals surface area contributed by atoms with Gasteiger partial charge in [0.05, 0.1) is 29.3 Å². The summed E-state index contributed by atoms with van der Waals surface area (Å²) in [7, 11) is -0.308. The zero-order valence-corrected chi connectivity index (χ0v) is 17.3. The number of sulfonamides is 1. The number of rotatable bonds is 5. The standard InChI is InChI=1S/C19H21N3O4S2/c1-25-14-3-6-16(7-4-14)28(23,24)22-11-9-21(10-12-22)19-20-17-8-5-15(26-2)13-18(17)27-19/h3-8,13H,9-12H2,1-2H3. The number of nitrogens with zero attached hydrogens (tertiary/aromatic N) is 3. The van der Waals surface area contributed by atoms with Gasteiger partial charge in [0.15, 0.2) is 5.13 Å². The van der Waals surface area contributed by atoms with Crippen LogP contribution in [-0.2, 0) is 10.0 Å². The van der Waals surface area contributed by atoms with Gasteiger partial charge in [-0.2, -0.15) is 4.31 Å². The Morgan fingerprint density at radius 1 is 0.929 bits per heavy atom. The minimum absolute atomic E-state index is 0.286. The van der Waals surface area contributed by atoms with Gasteiger partial charge in [-0.1, -0.05) is 11.3 Å². The summed E-state index contributed by atoms with van der Waals surface area (Å²) in [5.41, 5.74) is 0.925.